The van der Waals surface area contributed by atoms with Gasteiger partial charge < -0.3 is 5.11 Å². The molecule has 2 N–H and O–H groups in total. The Morgan fingerprint density at radius 2 is 2.29 bits per heavy atom. The summed E-state index contributed by atoms with van der Waals surface area (Å²) in [6.45, 7) is 1.88. The highest BCUT2D eigenvalue weighted by Gasteiger charge is 2.40. The molecular formula is C15H20N2O3S. The number of aliphatic hydroxyl groups is 1. The summed E-state index contributed by atoms with van der Waals surface area (Å²) in [6.07, 6.45) is 2.48. The van der Waals surface area contributed by atoms with Crippen molar-refractivity contribution in [3.63, 3.8) is 0 Å². The van der Waals surface area contributed by atoms with Crippen LogP contribution in [0.2, 0.25) is 0 Å². The molecule has 21 heavy (non-hydrogen) atoms. The number of hydrogen-bond donors (Lipinski definition) is 2. The first-order chi connectivity index (χ1) is 9.88. The van der Waals surface area contributed by atoms with E-state index in [2.05, 4.69) is 4.72 Å². The third-order valence-corrected chi connectivity index (χ3v) is 5.53. The summed E-state index contributed by atoms with van der Waals surface area (Å²) in [5.41, 5.74) is 0.649. The van der Waals surface area contributed by atoms with Crippen LogP contribution >= 0.6 is 0 Å². The summed E-state index contributed by atoms with van der Waals surface area (Å²) >= 11 is 0. The number of sulfonamides is 1. The van der Waals surface area contributed by atoms with Crippen LogP contribution in [0.1, 0.15) is 37.3 Å². The van der Waals surface area contributed by atoms with Crippen LogP contribution in [0.25, 0.3) is 0 Å². The molecule has 0 spiro atoms. The minimum Gasteiger partial charge on any atom is -0.396 e. The highest BCUT2D eigenvalue weighted by atomic mass is 32.2. The first kappa shape index (κ1) is 16.0. The van der Waals surface area contributed by atoms with E-state index < -0.39 is 10.0 Å². The highest BCUT2D eigenvalue weighted by Crippen LogP contribution is 2.37. The maximum atomic E-state index is 12.3. The second kappa shape index (κ2) is 6.14. The molecule has 0 amide bonds. The maximum absolute atomic E-state index is 12.3. The van der Waals surface area contributed by atoms with Crippen molar-refractivity contribution in [1.29, 1.82) is 5.26 Å². The van der Waals surface area contributed by atoms with Gasteiger partial charge in [-0.1, -0.05) is 25.5 Å². The van der Waals surface area contributed by atoms with E-state index in [1.54, 1.807) is 24.3 Å². The Balaban J connectivity index is 2.10. The Morgan fingerprint density at radius 1 is 1.52 bits per heavy atom. The fourth-order valence-electron chi connectivity index (χ4n) is 2.83. The van der Waals surface area contributed by atoms with Gasteiger partial charge in [0, 0.05) is 18.1 Å². The van der Waals surface area contributed by atoms with Gasteiger partial charge >= 0.3 is 0 Å². The summed E-state index contributed by atoms with van der Waals surface area (Å²) in [5.74, 6) is -0.152. The first-order valence-electron chi connectivity index (χ1n) is 6.98. The van der Waals surface area contributed by atoms with Crippen molar-refractivity contribution >= 4 is 10.0 Å². The van der Waals surface area contributed by atoms with E-state index in [9.17, 15) is 13.5 Å². The van der Waals surface area contributed by atoms with Gasteiger partial charge in [0.2, 0.25) is 10.0 Å². The molecule has 0 radical (unpaired) electrons. The van der Waals surface area contributed by atoms with Crippen LogP contribution in [0.3, 0.4) is 0 Å². The lowest BCUT2D eigenvalue weighted by atomic mass is 9.86. The molecule has 0 aromatic heterocycles. The number of hydrogen-bond acceptors (Lipinski definition) is 4. The quantitative estimate of drug-likeness (QED) is 0.863. The van der Waals surface area contributed by atoms with Gasteiger partial charge in [0.15, 0.2) is 0 Å². The molecule has 1 aromatic carbocycles. The average Bonchev–Trinajstić information content (AvgIpc) is 2.80. The molecule has 0 saturated heterocycles. The van der Waals surface area contributed by atoms with Gasteiger partial charge in [0.05, 0.1) is 17.4 Å². The SMILES string of the molecule is CC1(CO)CCCC1NS(=O)(=O)Cc1cccc(C#N)c1. The Morgan fingerprint density at radius 3 is 2.95 bits per heavy atom. The fourth-order valence-corrected chi connectivity index (χ4v) is 4.37. The van der Waals surface area contributed by atoms with Crippen molar-refractivity contribution in [3.05, 3.63) is 35.4 Å². The van der Waals surface area contributed by atoms with E-state index in [4.69, 9.17) is 5.26 Å². The highest BCUT2D eigenvalue weighted by molar-refractivity contribution is 7.88. The van der Waals surface area contributed by atoms with Crippen LogP contribution in [0.5, 0.6) is 0 Å². The van der Waals surface area contributed by atoms with Gasteiger partial charge in [0.25, 0.3) is 0 Å². The lowest BCUT2D eigenvalue weighted by molar-refractivity contribution is 0.127. The molecule has 0 bridgehead atoms. The summed E-state index contributed by atoms with van der Waals surface area (Å²) in [5, 5.41) is 18.3. The third-order valence-electron chi connectivity index (χ3n) is 4.18. The van der Waals surface area contributed by atoms with Crippen LogP contribution in [-0.2, 0) is 15.8 Å². The van der Waals surface area contributed by atoms with Crippen molar-refractivity contribution in [2.75, 3.05) is 6.61 Å². The number of aliphatic hydroxyl groups excluding tert-OH is 1. The fraction of sp³-hybridized carbons (Fsp3) is 0.533. The summed E-state index contributed by atoms with van der Waals surface area (Å²) < 4.78 is 27.3. The normalized spacial score (nSPS) is 25.7. The predicted octanol–water partition coefficient (Wildman–Crippen LogP) is 1.53. The molecule has 1 aliphatic rings. The van der Waals surface area contributed by atoms with Gasteiger partial charge in [-0.25, -0.2) is 13.1 Å². The molecule has 0 aliphatic heterocycles. The number of nitrogens with zero attached hydrogens (tertiary/aromatic N) is 1. The molecule has 6 heteroatoms. The first-order valence-corrected chi connectivity index (χ1v) is 8.64. The summed E-state index contributed by atoms with van der Waals surface area (Å²) in [6, 6.07) is 8.37. The van der Waals surface area contributed by atoms with Crippen LogP contribution in [0.4, 0.5) is 0 Å². The van der Waals surface area contributed by atoms with Crippen LogP contribution < -0.4 is 4.72 Å². The molecule has 1 saturated carbocycles. The number of benzene rings is 1. The number of nitrogens with one attached hydrogen (secondary N) is 1. The zero-order valence-corrected chi connectivity index (χ0v) is 12.9. The van der Waals surface area contributed by atoms with Crippen LogP contribution in [0, 0.1) is 16.7 Å². The zero-order chi connectivity index (χ0) is 15.5. The van der Waals surface area contributed by atoms with E-state index >= 15 is 0 Å². The lowest BCUT2D eigenvalue weighted by Gasteiger charge is -2.29. The molecule has 1 aliphatic carbocycles. The Bertz CT molecular complexity index is 651. The Hall–Kier alpha value is -1.42. The Labute approximate surface area is 125 Å². The van der Waals surface area contributed by atoms with Crippen molar-refractivity contribution in [1.82, 2.24) is 4.72 Å². The number of nitriles is 1. The van der Waals surface area contributed by atoms with Crippen molar-refractivity contribution in [3.8, 4) is 6.07 Å². The second-order valence-electron chi connectivity index (χ2n) is 5.95. The van der Waals surface area contributed by atoms with Crippen molar-refractivity contribution in [2.45, 2.75) is 38.0 Å². The lowest BCUT2D eigenvalue weighted by Crippen LogP contribution is -2.45. The van der Waals surface area contributed by atoms with Gasteiger partial charge in [-0.05, 0) is 30.5 Å². The van der Waals surface area contributed by atoms with Crippen molar-refractivity contribution in [2.24, 2.45) is 5.41 Å². The van der Waals surface area contributed by atoms with E-state index in [1.807, 2.05) is 13.0 Å². The molecular weight excluding hydrogens is 288 g/mol. The molecule has 1 aromatic rings. The molecule has 114 valence electrons. The van der Waals surface area contributed by atoms with Gasteiger partial charge in [-0.3, -0.25) is 0 Å². The number of rotatable bonds is 5. The minimum atomic E-state index is -3.49. The van der Waals surface area contributed by atoms with E-state index in [0.29, 0.717) is 11.1 Å². The average molecular weight is 308 g/mol. The molecule has 2 unspecified atom stereocenters. The molecule has 1 fully saturated rings. The third kappa shape index (κ3) is 3.82. The smallest absolute Gasteiger partial charge is 0.216 e. The summed E-state index contributed by atoms with van der Waals surface area (Å²) in [7, 11) is -3.49. The van der Waals surface area contributed by atoms with Crippen molar-refractivity contribution < 1.29 is 13.5 Å². The summed E-state index contributed by atoms with van der Waals surface area (Å²) in [4.78, 5) is 0. The second-order valence-corrected chi connectivity index (χ2v) is 7.70. The monoisotopic (exact) mass is 308 g/mol. The minimum absolute atomic E-state index is 0.0237. The molecule has 0 heterocycles. The maximum Gasteiger partial charge on any atom is 0.216 e. The standard InChI is InChI=1S/C15H20N2O3S/c1-15(11-18)7-3-6-14(15)17-21(19,20)10-13-5-2-4-12(8-13)9-16/h2,4-5,8,14,17-18H,3,6-7,10-11H2,1H3. The largest absolute Gasteiger partial charge is 0.396 e. The van der Waals surface area contributed by atoms with Gasteiger partial charge in [0.1, 0.15) is 0 Å². The Kier molecular flexibility index (Phi) is 4.67. The zero-order valence-electron chi connectivity index (χ0n) is 12.0. The molecule has 2 rings (SSSR count). The molecule has 2 atom stereocenters. The van der Waals surface area contributed by atoms with Crippen LogP contribution in [0.15, 0.2) is 24.3 Å². The van der Waals surface area contributed by atoms with E-state index in [-0.39, 0.29) is 23.8 Å². The predicted molar refractivity (Wildman–Crippen MR) is 79.7 cm³/mol. The van der Waals surface area contributed by atoms with Gasteiger partial charge in [-0.2, -0.15) is 5.26 Å². The van der Waals surface area contributed by atoms with Crippen LogP contribution in [-0.4, -0.2) is 26.2 Å². The van der Waals surface area contributed by atoms with E-state index in [0.717, 1.165) is 19.3 Å². The van der Waals surface area contributed by atoms with E-state index in [1.165, 1.54) is 0 Å². The topological polar surface area (TPSA) is 90.2 Å². The molecule has 5 nitrogen and oxygen atoms in total. The van der Waals surface area contributed by atoms with Gasteiger partial charge in [-0.15, -0.1) is 0 Å².